The van der Waals surface area contributed by atoms with Crippen LogP contribution in [-0.2, 0) is 6.54 Å². The van der Waals surface area contributed by atoms with E-state index in [4.69, 9.17) is 0 Å². The van der Waals surface area contributed by atoms with Crippen molar-refractivity contribution in [1.82, 2.24) is 10.3 Å². The zero-order chi connectivity index (χ0) is 14.5. The quantitative estimate of drug-likeness (QED) is 0.588. The lowest BCUT2D eigenvalue weighted by atomic mass is 9.97. The molecule has 1 aliphatic carbocycles. The second-order valence-electron chi connectivity index (χ2n) is 5.59. The van der Waals surface area contributed by atoms with Gasteiger partial charge in [-0.1, -0.05) is 11.6 Å². The van der Waals surface area contributed by atoms with E-state index >= 15 is 0 Å². The lowest BCUT2D eigenvalue weighted by molar-refractivity contribution is 0.631. The Bertz CT molecular complexity index is 610. The van der Waals surface area contributed by atoms with E-state index in [0.717, 1.165) is 13.1 Å². The summed E-state index contributed by atoms with van der Waals surface area (Å²) in [4.78, 5) is 7.21. The highest BCUT2D eigenvalue weighted by molar-refractivity contribution is 7.21. The van der Waals surface area contributed by atoms with Gasteiger partial charge in [-0.2, -0.15) is 0 Å². The Labute approximate surface area is 134 Å². The minimum Gasteiger partial charge on any atom is -0.310 e. The molecule has 0 unspecified atom stereocenters. The molecule has 3 rings (SSSR count). The average Bonchev–Trinajstić information content (AvgIpc) is 3.13. The molecular formula is C17H22N2S2. The van der Waals surface area contributed by atoms with Crippen LogP contribution < -0.4 is 5.32 Å². The number of nitrogens with one attached hydrogen (secondary N) is 1. The highest BCUT2D eigenvalue weighted by Gasteiger charge is 2.08. The van der Waals surface area contributed by atoms with Crippen LogP contribution in [0.15, 0.2) is 29.3 Å². The van der Waals surface area contributed by atoms with Crippen LogP contribution in [-0.4, -0.2) is 11.5 Å². The third-order valence-corrected chi connectivity index (χ3v) is 6.12. The molecule has 2 aromatic rings. The van der Waals surface area contributed by atoms with E-state index in [0.29, 0.717) is 0 Å². The summed E-state index contributed by atoms with van der Waals surface area (Å²) in [5.41, 5.74) is 3.00. The zero-order valence-electron chi connectivity index (χ0n) is 12.5. The maximum absolute atomic E-state index is 4.55. The lowest BCUT2D eigenvalue weighted by Gasteiger charge is -2.12. The molecule has 1 aliphatic rings. The Balaban J connectivity index is 1.47. The van der Waals surface area contributed by atoms with Gasteiger partial charge >= 0.3 is 0 Å². The summed E-state index contributed by atoms with van der Waals surface area (Å²) in [5, 5.41) is 6.88. The van der Waals surface area contributed by atoms with Crippen molar-refractivity contribution >= 4 is 22.7 Å². The predicted octanol–water partition coefficient (Wildman–Crippen LogP) is 5.16. The Hall–Kier alpha value is -0.970. The highest BCUT2D eigenvalue weighted by Crippen LogP contribution is 2.33. The van der Waals surface area contributed by atoms with Crippen LogP contribution in [0.4, 0.5) is 0 Å². The van der Waals surface area contributed by atoms with Crippen molar-refractivity contribution in [1.29, 1.82) is 0 Å². The summed E-state index contributed by atoms with van der Waals surface area (Å²) in [7, 11) is 0. The van der Waals surface area contributed by atoms with Crippen LogP contribution >= 0.6 is 22.7 Å². The lowest BCUT2D eigenvalue weighted by Crippen LogP contribution is -2.15. The molecule has 0 radical (unpaired) electrons. The van der Waals surface area contributed by atoms with Crippen molar-refractivity contribution in [3.8, 4) is 9.75 Å². The van der Waals surface area contributed by atoms with Gasteiger partial charge in [-0.05, 0) is 62.6 Å². The number of allylic oxidation sites excluding steroid dienone is 1. The molecule has 0 saturated carbocycles. The topological polar surface area (TPSA) is 24.9 Å². The summed E-state index contributed by atoms with van der Waals surface area (Å²) in [6.07, 6.45) is 11.0. The van der Waals surface area contributed by atoms with Crippen LogP contribution in [0.25, 0.3) is 9.75 Å². The average molecular weight is 319 g/mol. The number of thiophene rings is 1. The molecule has 2 aromatic heterocycles. The van der Waals surface area contributed by atoms with E-state index in [1.165, 1.54) is 52.4 Å². The molecule has 21 heavy (non-hydrogen) atoms. The van der Waals surface area contributed by atoms with Crippen molar-refractivity contribution in [2.45, 2.75) is 45.6 Å². The summed E-state index contributed by atoms with van der Waals surface area (Å²) in [5.74, 6) is 0. The number of aromatic nitrogens is 1. The normalized spacial score (nSPS) is 15.2. The Kier molecular flexibility index (Phi) is 5.22. The number of hydrogen-bond donors (Lipinski definition) is 1. The minimum atomic E-state index is 0.891. The van der Waals surface area contributed by atoms with Gasteiger partial charge in [0.05, 0.1) is 4.88 Å². The molecular weight excluding hydrogens is 296 g/mol. The van der Waals surface area contributed by atoms with Gasteiger partial charge in [0.1, 0.15) is 5.01 Å². The SMILES string of the molecule is Cc1ccsc1-c1cnc(CNCCC2=CCCCC2)s1. The number of thiazole rings is 1. The first-order valence-corrected chi connectivity index (χ1v) is 9.40. The number of nitrogens with zero attached hydrogens (tertiary/aromatic N) is 1. The van der Waals surface area contributed by atoms with Gasteiger partial charge in [0.25, 0.3) is 0 Å². The fourth-order valence-electron chi connectivity index (χ4n) is 2.70. The van der Waals surface area contributed by atoms with Crippen molar-refractivity contribution in [3.05, 3.63) is 39.9 Å². The van der Waals surface area contributed by atoms with Crippen molar-refractivity contribution < 1.29 is 0 Å². The smallest absolute Gasteiger partial charge is 0.107 e. The highest BCUT2D eigenvalue weighted by atomic mass is 32.1. The molecule has 0 atom stereocenters. The zero-order valence-corrected chi connectivity index (χ0v) is 14.2. The van der Waals surface area contributed by atoms with Gasteiger partial charge in [0.15, 0.2) is 0 Å². The Morgan fingerprint density at radius 2 is 2.29 bits per heavy atom. The van der Waals surface area contributed by atoms with Crippen LogP contribution in [0.3, 0.4) is 0 Å². The van der Waals surface area contributed by atoms with Crippen LogP contribution in [0.5, 0.6) is 0 Å². The van der Waals surface area contributed by atoms with E-state index in [-0.39, 0.29) is 0 Å². The minimum absolute atomic E-state index is 0.891. The van der Waals surface area contributed by atoms with E-state index < -0.39 is 0 Å². The first-order valence-electron chi connectivity index (χ1n) is 7.71. The van der Waals surface area contributed by atoms with Gasteiger partial charge in [-0.3, -0.25) is 0 Å². The third kappa shape index (κ3) is 4.02. The monoisotopic (exact) mass is 318 g/mol. The van der Waals surface area contributed by atoms with Gasteiger partial charge in [-0.25, -0.2) is 4.98 Å². The van der Waals surface area contributed by atoms with E-state index in [1.54, 1.807) is 16.9 Å². The molecule has 0 saturated heterocycles. The first kappa shape index (κ1) is 14.9. The molecule has 0 aliphatic heterocycles. The third-order valence-electron chi connectivity index (χ3n) is 3.92. The van der Waals surface area contributed by atoms with Crippen molar-refractivity contribution in [2.24, 2.45) is 0 Å². The molecule has 2 nitrogen and oxygen atoms in total. The van der Waals surface area contributed by atoms with Gasteiger partial charge in [0.2, 0.25) is 0 Å². The summed E-state index contributed by atoms with van der Waals surface area (Å²) in [6, 6.07) is 2.18. The number of hydrogen-bond acceptors (Lipinski definition) is 4. The molecule has 0 fully saturated rings. The number of rotatable bonds is 6. The van der Waals surface area contributed by atoms with Gasteiger partial charge < -0.3 is 5.32 Å². The summed E-state index contributed by atoms with van der Waals surface area (Å²) in [6.45, 7) is 4.13. The van der Waals surface area contributed by atoms with Crippen molar-refractivity contribution in [2.75, 3.05) is 6.54 Å². The fraction of sp³-hybridized carbons (Fsp3) is 0.471. The molecule has 4 heteroatoms. The second kappa shape index (κ2) is 7.34. The molecule has 0 amide bonds. The van der Waals surface area contributed by atoms with Gasteiger partial charge in [-0.15, -0.1) is 22.7 Å². The van der Waals surface area contributed by atoms with Crippen LogP contribution in [0, 0.1) is 6.92 Å². The molecule has 0 spiro atoms. The number of aryl methyl sites for hydroxylation is 1. The predicted molar refractivity (Wildman–Crippen MR) is 93.0 cm³/mol. The summed E-state index contributed by atoms with van der Waals surface area (Å²) >= 11 is 3.62. The van der Waals surface area contributed by atoms with Crippen LogP contribution in [0.1, 0.15) is 42.7 Å². The molecule has 1 N–H and O–H groups in total. The molecule has 0 bridgehead atoms. The van der Waals surface area contributed by atoms with E-state index in [2.05, 4.69) is 34.7 Å². The Morgan fingerprint density at radius 1 is 1.33 bits per heavy atom. The first-order chi connectivity index (χ1) is 10.3. The van der Waals surface area contributed by atoms with E-state index in [1.807, 2.05) is 17.5 Å². The maximum atomic E-state index is 4.55. The van der Waals surface area contributed by atoms with Crippen LogP contribution in [0.2, 0.25) is 0 Å². The summed E-state index contributed by atoms with van der Waals surface area (Å²) < 4.78 is 0. The van der Waals surface area contributed by atoms with Crippen molar-refractivity contribution in [3.63, 3.8) is 0 Å². The largest absolute Gasteiger partial charge is 0.310 e. The fourth-order valence-corrected chi connectivity index (χ4v) is 4.69. The van der Waals surface area contributed by atoms with E-state index in [9.17, 15) is 0 Å². The Morgan fingerprint density at radius 3 is 3.05 bits per heavy atom. The molecule has 2 heterocycles. The second-order valence-corrected chi connectivity index (χ2v) is 7.62. The molecule has 112 valence electrons. The van der Waals surface area contributed by atoms with Gasteiger partial charge in [0, 0.05) is 17.6 Å². The molecule has 0 aromatic carbocycles. The maximum Gasteiger partial charge on any atom is 0.107 e. The standard InChI is InChI=1S/C17H22N2S2/c1-13-8-10-20-17(13)15-11-19-16(21-15)12-18-9-7-14-5-3-2-4-6-14/h5,8,10-11,18H,2-4,6-7,9,12H2,1H3.